The van der Waals surface area contributed by atoms with Gasteiger partial charge < -0.3 is 4.90 Å². The predicted molar refractivity (Wildman–Crippen MR) is 70.0 cm³/mol. The first-order valence-corrected chi connectivity index (χ1v) is 6.45. The summed E-state index contributed by atoms with van der Waals surface area (Å²) in [6.07, 6.45) is 1.15. The van der Waals surface area contributed by atoms with E-state index in [9.17, 15) is 4.79 Å². The molecule has 0 spiro atoms. The SMILES string of the molecule is CCc1cc(=O)n2nc(N(C)CCC#N)sc2n1. The van der Waals surface area contributed by atoms with Gasteiger partial charge in [0, 0.05) is 25.4 Å². The summed E-state index contributed by atoms with van der Waals surface area (Å²) in [7, 11) is 1.85. The molecule has 0 atom stereocenters. The monoisotopic (exact) mass is 263 g/mol. The first-order chi connectivity index (χ1) is 8.65. The van der Waals surface area contributed by atoms with Crippen LogP contribution in [0.5, 0.6) is 0 Å². The van der Waals surface area contributed by atoms with Gasteiger partial charge in [-0.1, -0.05) is 18.3 Å². The van der Waals surface area contributed by atoms with E-state index >= 15 is 0 Å². The minimum Gasteiger partial charge on any atom is -0.349 e. The molecule has 6 nitrogen and oxygen atoms in total. The fourth-order valence-electron chi connectivity index (χ4n) is 1.49. The molecule has 0 saturated heterocycles. The summed E-state index contributed by atoms with van der Waals surface area (Å²) >= 11 is 1.36. The standard InChI is InChI=1S/C11H13N5OS/c1-3-8-7-9(17)16-10(13-8)18-11(14-16)15(2)6-4-5-12/h7H,3-4,6H2,1-2H3. The van der Waals surface area contributed by atoms with E-state index in [-0.39, 0.29) is 5.56 Å². The molecule has 18 heavy (non-hydrogen) atoms. The van der Waals surface area contributed by atoms with E-state index in [0.29, 0.717) is 23.1 Å². The Hall–Kier alpha value is -1.94. The zero-order valence-corrected chi connectivity index (χ0v) is 11.1. The van der Waals surface area contributed by atoms with Gasteiger partial charge in [-0.25, -0.2) is 4.98 Å². The Bertz CT molecular complexity index is 653. The molecular formula is C11H13N5OS. The summed E-state index contributed by atoms with van der Waals surface area (Å²) in [5.74, 6) is 0. The average Bonchev–Trinajstić information content (AvgIpc) is 2.80. The minimum atomic E-state index is -0.159. The minimum absolute atomic E-state index is 0.159. The first kappa shape index (κ1) is 12.5. The molecule has 0 amide bonds. The molecule has 2 aromatic rings. The van der Waals surface area contributed by atoms with Gasteiger partial charge in [0.1, 0.15) is 0 Å². The van der Waals surface area contributed by atoms with Crippen molar-refractivity contribution in [2.45, 2.75) is 19.8 Å². The number of anilines is 1. The molecule has 0 unspecified atom stereocenters. The second-order valence-electron chi connectivity index (χ2n) is 3.85. The Morgan fingerprint density at radius 2 is 2.39 bits per heavy atom. The van der Waals surface area contributed by atoms with Crippen LogP contribution >= 0.6 is 11.3 Å². The highest BCUT2D eigenvalue weighted by Crippen LogP contribution is 2.20. The molecule has 0 aromatic carbocycles. The van der Waals surface area contributed by atoms with E-state index in [0.717, 1.165) is 12.1 Å². The Morgan fingerprint density at radius 3 is 3.06 bits per heavy atom. The van der Waals surface area contributed by atoms with E-state index in [1.54, 1.807) is 0 Å². The van der Waals surface area contributed by atoms with Crippen molar-refractivity contribution < 1.29 is 0 Å². The van der Waals surface area contributed by atoms with Crippen LogP contribution in [0.4, 0.5) is 5.13 Å². The van der Waals surface area contributed by atoms with Crippen LogP contribution in [-0.2, 0) is 6.42 Å². The number of nitriles is 1. The number of hydrogen-bond donors (Lipinski definition) is 0. The van der Waals surface area contributed by atoms with Crippen LogP contribution in [0.3, 0.4) is 0 Å². The van der Waals surface area contributed by atoms with Crippen molar-refractivity contribution in [1.29, 1.82) is 5.26 Å². The zero-order valence-electron chi connectivity index (χ0n) is 10.3. The molecule has 2 rings (SSSR count). The van der Waals surface area contributed by atoms with Crippen LogP contribution < -0.4 is 10.5 Å². The highest BCUT2D eigenvalue weighted by atomic mass is 32.1. The van der Waals surface area contributed by atoms with Crippen LogP contribution in [0.1, 0.15) is 19.0 Å². The van der Waals surface area contributed by atoms with Gasteiger partial charge in [0.2, 0.25) is 10.1 Å². The third-order valence-electron chi connectivity index (χ3n) is 2.54. The molecule has 0 saturated carbocycles. The lowest BCUT2D eigenvalue weighted by Crippen LogP contribution is -2.19. The van der Waals surface area contributed by atoms with Crippen LogP contribution in [0.2, 0.25) is 0 Å². The quantitative estimate of drug-likeness (QED) is 0.824. The maximum absolute atomic E-state index is 11.8. The first-order valence-electron chi connectivity index (χ1n) is 5.63. The lowest BCUT2D eigenvalue weighted by atomic mass is 10.3. The number of aryl methyl sites for hydroxylation is 1. The Kier molecular flexibility index (Phi) is 3.58. The molecule has 0 bridgehead atoms. The third-order valence-corrected chi connectivity index (χ3v) is 3.56. The molecule has 0 N–H and O–H groups in total. The summed E-state index contributed by atoms with van der Waals surface area (Å²) < 4.78 is 1.31. The molecule has 0 aliphatic carbocycles. The number of hydrogen-bond acceptors (Lipinski definition) is 6. The van der Waals surface area contributed by atoms with Gasteiger partial charge in [0.15, 0.2) is 0 Å². The summed E-state index contributed by atoms with van der Waals surface area (Å²) in [6.45, 7) is 2.55. The van der Waals surface area contributed by atoms with E-state index in [2.05, 4.69) is 16.2 Å². The van der Waals surface area contributed by atoms with E-state index in [4.69, 9.17) is 5.26 Å². The third kappa shape index (κ3) is 2.33. The highest BCUT2D eigenvalue weighted by molar-refractivity contribution is 7.20. The number of aromatic nitrogens is 3. The van der Waals surface area contributed by atoms with E-state index in [1.165, 1.54) is 21.9 Å². The number of nitrogens with zero attached hydrogens (tertiary/aromatic N) is 5. The van der Waals surface area contributed by atoms with Gasteiger partial charge >= 0.3 is 0 Å². The van der Waals surface area contributed by atoms with Crippen molar-refractivity contribution >= 4 is 21.4 Å². The van der Waals surface area contributed by atoms with Crippen molar-refractivity contribution in [3.8, 4) is 6.07 Å². The Balaban J connectivity index is 2.41. The summed E-state index contributed by atoms with van der Waals surface area (Å²) in [5.41, 5.74) is 0.614. The second kappa shape index (κ2) is 5.14. The van der Waals surface area contributed by atoms with Gasteiger partial charge in [-0.3, -0.25) is 4.79 Å². The molecular weight excluding hydrogens is 250 g/mol. The van der Waals surface area contributed by atoms with Crippen molar-refractivity contribution in [3.05, 3.63) is 22.1 Å². The molecule has 0 aliphatic heterocycles. The van der Waals surface area contributed by atoms with Crippen molar-refractivity contribution in [2.75, 3.05) is 18.5 Å². The van der Waals surface area contributed by atoms with Crippen LogP contribution in [0, 0.1) is 11.3 Å². The molecule has 2 aromatic heterocycles. The molecule has 0 fully saturated rings. The van der Waals surface area contributed by atoms with Crippen molar-refractivity contribution in [3.63, 3.8) is 0 Å². The van der Waals surface area contributed by atoms with E-state index < -0.39 is 0 Å². The summed E-state index contributed by atoms with van der Waals surface area (Å²) in [4.78, 5) is 18.6. The largest absolute Gasteiger partial charge is 0.349 e. The van der Waals surface area contributed by atoms with Crippen molar-refractivity contribution in [1.82, 2.24) is 14.6 Å². The van der Waals surface area contributed by atoms with Crippen LogP contribution in [-0.4, -0.2) is 28.2 Å². The van der Waals surface area contributed by atoms with Gasteiger partial charge in [-0.05, 0) is 6.42 Å². The average molecular weight is 263 g/mol. The summed E-state index contributed by atoms with van der Waals surface area (Å²) in [5, 5.41) is 13.5. The second-order valence-corrected chi connectivity index (χ2v) is 4.78. The fourth-order valence-corrected chi connectivity index (χ4v) is 2.41. The molecule has 7 heteroatoms. The predicted octanol–water partition coefficient (Wildman–Crippen LogP) is 1.06. The van der Waals surface area contributed by atoms with Gasteiger partial charge in [-0.2, -0.15) is 9.78 Å². The molecule has 94 valence electrons. The zero-order chi connectivity index (χ0) is 13.1. The summed E-state index contributed by atoms with van der Waals surface area (Å²) in [6, 6.07) is 3.59. The Morgan fingerprint density at radius 1 is 1.61 bits per heavy atom. The van der Waals surface area contributed by atoms with Gasteiger partial charge in [0.05, 0.1) is 12.5 Å². The molecule has 2 heterocycles. The fraction of sp³-hybridized carbons (Fsp3) is 0.455. The maximum atomic E-state index is 11.8. The normalized spacial score (nSPS) is 10.5. The molecule has 0 aliphatic rings. The van der Waals surface area contributed by atoms with Crippen LogP contribution in [0.25, 0.3) is 4.96 Å². The van der Waals surface area contributed by atoms with E-state index in [1.807, 2.05) is 18.9 Å². The lowest BCUT2D eigenvalue weighted by Gasteiger charge is -2.11. The highest BCUT2D eigenvalue weighted by Gasteiger charge is 2.11. The smallest absolute Gasteiger partial charge is 0.275 e. The lowest BCUT2D eigenvalue weighted by molar-refractivity contribution is 0.833. The Labute approximate surface area is 108 Å². The van der Waals surface area contributed by atoms with Crippen LogP contribution in [0.15, 0.2) is 10.9 Å². The number of fused-ring (bicyclic) bond motifs is 1. The number of rotatable bonds is 4. The van der Waals surface area contributed by atoms with Gasteiger partial charge in [0.25, 0.3) is 5.56 Å². The molecule has 0 radical (unpaired) electrons. The maximum Gasteiger partial charge on any atom is 0.275 e. The van der Waals surface area contributed by atoms with Crippen molar-refractivity contribution in [2.24, 2.45) is 0 Å². The topological polar surface area (TPSA) is 74.3 Å². The van der Waals surface area contributed by atoms with Gasteiger partial charge in [-0.15, -0.1) is 5.10 Å².